The lowest BCUT2D eigenvalue weighted by atomic mass is 9.79. The number of methoxy groups -OCH3 is 1. The molecule has 2 aromatic carbocycles. The van der Waals surface area contributed by atoms with Gasteiger partial charge in [0.2, 0.25) is 0 Å². The van der Waals surface area contributed by atoms with Crippen LogP contribution < -0.4 is 15.9 Å². The summed E-state index contributed by atoms with van der Waals surface area (Å²) in [5.74, 6) is -2.09. The summed E-state index contributed by atoms with van der Waals surface area (Å²) in [6, 6.07) is 5.68. The number of fused-ring (bicyclic) bond motifs is 1. The second kappa shape index (κ2) is 7.18. The van der Waals surface area contributed by atoms with Crippen LogP contribution in [0.4, 0.5) is 15.8 Å². The Morgan fingerprint density at radius 2 is 2.26 bits per heavy atom. The van der Waals surface area contributed by atoms with Gasteiger partial charge < -0.3 is 20.1 Å². The number of rotatable bonds is 5. The van der Waals surface area contributed by atoms with Gasteiger partial charge in [-0.2, -0.15) is 0 Å². The van der Waals surface area contributed by atoms with Crippen LogP contribution in [0.2, 0.25) is 0 Å². The summed E-state index contributed by atoms with van der Waals surface area (Å²) in [4.78, 5) is 11.4. The first kappa shape index (κ1) is 15.4. The van der Waals surface area contributed by atoms with Crippen LogP contribution in [0.5, 0.6) is 0 Å². The minimum absolute atomic E-state index is 0.0197. The van der Waals surface area contributed by atoms with Crippen LogP contribution >= 0.6 is 0 Å². The molecule has 0 saturated heterocycles. The van der Waals surface area contributed by atoms with Crippen LogP contribution in [0.15, 0.2) is 35.2 Å². The van der Waals surface area contributed by atoms with E-state index in [9.17, 15) is 22.6 Å². The molecule has 8 nitrogen and oxygen atoms in total. The maximum Gasteiger partial charge on any atom is 0.491 e. The molecule has 27 heavy (non-hydrogen) atoms. The molecule has 3 rings (SSSR count). The fourth-order valence-electron chi connectivity index (χ4n) is 2.71. The molecule has 0 radical (unpaired) electrons. The van der Waals surface area contributed by atoms with Gasteiger partial charge in [0.15, 0.2) is 0 Å². The third-order valence-corrected chi connectivity index (χ3v) is 5.42. The van der Waals surface area contributed by atoms with Gasteiger partial charge in [-0.1, -0.05) is 0 Å². The highest BCUT2D eigenvalue weighted by molar-refractivity contribution is 7.92. The Labute approximate surface area is 159 Å². The molecule has 0 fully saturated rings. The number of esters is 1. The molecule has 1 aliphatic heterocycles. The number of hydrogen-bond donors (Lipinski definition) is 3. The first-order valence-electron chi connectivity index (χ1n) is 9.11. The molecule has 0 amide bonds. The number of hydrogen-bond acceptors (Lipinski definition) is 7. The van der Waals surface area contributed by atoms with E-state index in [0.717, 1.165) is 18.2 Å². The largest absolute Gasteiger partial charge is 0.491 e. The average Bonchev–Trinajstić information content (AvgIpc) is 2.93. The predicted molar refractivity (Wildman–Crippen MR) is 96.2 cm³/mol. The van der Waals surface area contributed by atoms with Gasteiger partial charge in [-0.3, -0.25) is 9.52 Å². The smallest absolute Gasteiger partial charge is 0.469 e. The third-order valence-electron chi connectivity index (χ3n) is 3.96. The number of nitrogens with two attached hydrogens (primary N) is 1. The molecular formula is C16H16BFN2O6S. The molecule has 0 aromatic heterocycles. The molecule has 0 unspecified atom stereocenters. The van der Waals surface area contributed by atoms with Crippen LogP contribution in [0, 0.1) is 5.82 Å². The number of halogens is 1. The van der Waals surface area contributed by atoms with Crippen molar-refractivity contribution >= 4 is 39.9 Å². The Morgan fingerprint density at radius 3 is 3.00 bits per heavy atom. The van der Waals surface area contributed by atoms with Crippen LogP contribution in [0.1, 0.15) is 15.2 Å². The summed E-state index contributed by atoms with van der Waals surface area (Å²) < 4.78 is 72.2. The first-order chi connectivity index (χ1) is 13.9. The van der Waals surface area contributed by atoms with Gasteiger partial charge in [0.05, 0.1) is 34.8 Å². The van der Waals surface area contributed by atoms with Crippen molar-refractivity contribution in [3.8, 4) is 0 Å². The highest BCUT2D eigenvalue weighted by Gasteiger charge is 2.30. The van der Waals surface area contributed by atoms with E-state index in [1.807, 2.05) is 0 Å². The van der Waals surface area contributed by atoms with Crippen molar-refractivity contribution in [3.63, 3.8) is 0 Å². The molecule has 0 spiro atoms. The summed E-state index contributed by atoms with van der Waals surface area (Å²) >= 11 is 0. The lowest BCUT2D eigenvalue weighted by molar-refractivity contribution is -0.139. The van der Waals surface area contributed by atoms with Gasteiger partial charge in [0.25, 0.3) is 10.0 Å². The predicted octanol–water partition coefficient (Wildman–Crippen LogP) is 0.142. The summed E-state index contributed by atoms with van der Waals surface area (Å²) in [6.07, 6.45) is -0.696. The van der Waals surface area contributed by atoms with Crippen molar-refractivity contribution in [1.82, 2.24) is 0 Å². The molecule has 2 aromatic rings. The number of carbonyl (C=O) groups is 1. The minimum Gasteiger partial charge on any atom is -0.469 e. The zero-order valence-corrected chi connectivity index (χ0v) is 14.5. The van der Waals surface area contributed by atoms with E-state index in [2.05, 4.69) is 9.46 Å². The SMILES string of the molecule is [2H]C([2H])([2H])OC(=O)Cc1cc(N)ccc1S(=O)(=O)Nc1cc2c(cc1F)COB2O. The Balaban J connectivity index is 1.94. The molecular weight excluding hydrogens is 378 g/mol. The van der Waals surface area contributed by atoms with Gasteiger partial charge in [0.1, 0.15) is 5.82 Å². The molecule has 0 aliphatic carbocycles. The minimum atomic E-state index is -4.42. The summed E-state index contributed by atoms with van der Waals surface area (Å²) in [7, 11) is -8.73. The van der Waals surface area contributed by atoms with Gasteiger partial charge in [-0.05, 0) is 46.9 Å². The van der Waals surface area contributed by atoms with E-state index in [-0.39, 0.29) is 23.3 Å². The number of nitrogen functional groups attached to an aromatic ring is 1. The van der Waals surface area contributed by atoms with E-state index in [4.69, 9.17) is 14.5 Å². The Morgan fingerprint density at radius 1 is 1.48 bits per heavy atom. The summed E-state index contributed by atoms with van der Waals surface area (Å²) in [5.41, 5.74) is 5.78. The van der Waals surface area contributed by atoms with Crippen molar-refractivity contribution in [1.29, 1.82) is 0 Å². The van der Waals surface area contributed by atoms with E-state index in [0.29, 0.717) is 5.56 Å². The number of ether oxygens (including phenoxy) is 1. The number of sulfonamides is 1. The first-order valence-corrected chi connectivity index (χ1v) is 9.09. The zero-order valence-electron chi connectivity index (χ0n) is 16.7. The zero-order chi connectivity index (χ0) is 22.3. The fourth-order valence-corrected chi connectivity index (χ4v) is 3.99. The molecule has 0 atom stereocenters. The van der Waals surface area contributed by atoms with Gasteiger partial charge >= 0.3 is 13.1 Å². The molecule has 0 bridgehead atoms. The molecule has 11 heteroatoms. The number of nitrogens with one attached hydrogen (secondary N) is 1. The Kier molecular flexibility index (Phi) is 4.10. The van der Waals surface area contributed by atoms with Gasteiger partial charge in [0, 0.05) is 5.69 Å². The summed E-state index contributed by atoms with van der Waals surface area (Å²) in [5, 5.41) is 9.75. The van der Waals surface area contributed by atoms with Gasteiger partial charge in [-0.15, -0.1) is 0 Å². The average molecular weight is 397 g/mol. The highest BCUT2D eigenvalue weighted by atomic mass is 32.2. The van der Waals surface area contributed by atoms with Crippen molar-refractivity contribution in [2.45, 2.75) is 17.9 Å². The van der Waals surface area contributed by atoms with Crippen LogP contribution in [0.3, 0.4) is 0 Å². The maximum atomic E-state index is 14.4. The molecule has 4 N–H and O–H groups in total. The molecule has 142 valence electrons. The lowest BCUT2D eigenvalue weighted by Crippen LogP contribution is -2.29. The third kappa shape index (κ3) is 3.89. The fraction of sp³-hybridized carbons (Fsp3) is 0.188. The van der Waals surface area contributed by atoms with E-state index in [1.54, 1.807) is 0 Å². The standard InChI is InChI=1S/C16H16BFN2O6S/c1-25-16(21)6-9-4-11(19)2-3-15(9)27(23,24)20-14-7-12-10(5-13(14)18)8-26-17(12)22/h2-5,7,20,22H,6,8,19H2,1H3/i1D3. The maximum absolute atomic E-state index is 14.4. The van der Waals surface area contributed by atoms with Crippen molar-refractivity contribution in [2.24, 2.45) is 0 Å². The quantitative estimate of drug-likeness (QED) is 0.372. The summed E-state index contributed by atoms with van der Waals surface area (Å²) in [6.45, 7) is -0.0197. The van der Waals surface area contributed by atoms with Crippen molar-refractivity contribution in [2.75, 3.05) is 17.5 Å². The second-order valence-electron chi connectivity index (χ2n) is 5.82. The van der Waals surface area contributed by atoms with Crippen LogP contribution in [-0.2, 0) is 37.2 Å². The Hall–Kier alpha value is -2.63. The molecule has 1 heterocycles. The topological polar surface area (TPSA) is 128 Å². The highest BCUT2D eigenvalue weighted by Crippen LogP contribution is 2.25. The number of anilines is 2. The number of carbonyl (C=O) groups excluding carboxylic acids is 1. The van der Waals surface area contributed by atoms with E-state index < -0.39 is 53.0 Å². The van der Waals surface area contributed by atoms with Gasteiger partial charge in [-0.25, -0.2) is 12.8 Å². The molecule has 1 aliphatic rings. The molecule has 0 saturated carbocycles. The lowest BCUT2D eigenvalue weighted by Gasteiger charge is -2.14. The van der Waals surface area contributed by atoms with Crippen molar-refractivity contribution < 1.29 is 36.1 Å². The van der Waals surface area contributed by atoms with Crippen LogP contribution in [0.25, 0.3) is 0 Å². The number of benzene rings is 2. The Bertz CT molecular complexity index is 1110. The van der Waals surface area contributed by atoms with Crippen LogP contribution in [-0.4, -0.2) is 33.6 Å². The second-order valence-corrected chi connectivity index (χ2v) is 7.47. The van der Waals surface area contributed by atoms with E-state index in [1.165, 1.54) is 12.1 Å². The van der Waals surface area contributed by atoms with Crippen molar-refractivity contribution in [3.05, 3.63) is 47.3 Å². The van der Waals surface area contributed by atoms with E-state index >= 15 is 0 Å². The monoisotopic (exact) mass is 397 g/mol. The normalized spacial score (nSPS) is 15.5.